The predicted octanol–water partition coefficient (Wildman–Crippen LogP) is 5.64. The second-order valence-electron chi connectivity index (χ2n) is 4.95. The van der Waals surface area contributed by atoms with Crippen LogP contribution in [0.25, 0.3) is 22.4 Å². The Morgan fingerprint density at radius 2 is 2.12 bits per heavy atom. The van der Waals surface area contributed by atoms with Gasteiger partial charge in [-0.3, -0.25) is 0 Å². The molecule has 0 saturated carbocycles. The van der Waals surface area contributed by atoms with Gasteiger partial charge in [0.25, 0.3) is 0 Å². The summed E-state index contributed by atoms with van der Waals surface area (Å²) in [5, 5.41) is 1.04. The first-order chi connectivity index (χ1) is 11.5. The standard InChI is InChI=1S/C17H11BrCl2N2O2/c1-2-5-24-17(23)9-6-12(18)15-14(7-9)21-16(22-15)11-4-3-10(19)8-13(11)20/h2-4,6-8H,1,5H2,(H,21,22). The van der Waals surface area contributed by atoms with E-state index in [-0.39, 0.29) is 6.61 Å². The maximum absolute atomic E-state index is 12.0. The second kappa shape index (κ2) is 6.97. The Labute approximate surface area is 156 Å². The van der Waals surface area contributed by atoms with Crippen molar-refractivity contribution >= 4 is 56.1 Å². The predicted molar refractivity (Wildman–Crippen MR) is 99.7 cm³/mol. The zero-order valence-electron chi connectivity index (χ0n) is 12.3. The van der Waals surface area contributed by atoms with E-state index in [1.54, 1.807) is 30.3 Å². The molecule has 0 aliphatic rings. The van der Waals surface area contributed by atoms with Gasteiger partial charge in [-0.05, 0) is 46.3 Å². The van der Waals surface area contributed by atoms with Crippen LogP contribution in [0.5, 0.6) is 0 Å². The molecule has 1 heterocycles. The average Bonchev–Trinajstić information content (AvgIpc) is 2.96. The van der Waals surface area contributed by atoms with Crippen LogP contribution in [0.15, 0.2) is 47.5 Å². The summed E-state index contributed by atoms with van der Waals surface area (Å²) in [5.41, 5.74) is 2.51. The van der Waals surface area contributed by atoms with Crippen molar-refractivity contribution < 1.29 is 9.53 Å². The second-order valence-corrected chi connectivity index (χ2v) is 6.65. The molecule has 0 aliphatic carbocycles. The van der Waals surface area contributed by atoms with Crippen LogP contribution >= 0.6 is 39.1 Å². The summed E-state index contributed by atoms with van der Waals surface area (Å²) < 4.78 is 5.74. The van der Waals surface area contributed by atoms with Crippen molar-refractivity contribution in [3.8, 4) is 11.4 Å². The Kier molecular flexibility index (Phi) is 4.94. The van der Waals surface area contributed by atoms with Gasteiger partial charge in [-0.15, -0.1) is 0 Å². The third-order valence-corrected chi connectivity index (χ3v) is 4.45. The number of esters is 1. The van der Waals surface area contributed by atoms with Gasteiger partial charge < -0.3 is 9.72 Å². The molecular weight excluding hydrogens is 415 g/mol. The van der Waals surface area contributed by atoms with Crippen molar-refractivity contribution in [1.29, 1.82) is 0 Å². The quantitative estimate of drug-likeness (QED) is 0.434. The lowest BCUT2D eigenvalue weighted by atomic mass is 10.2. The summed E-state index contributed by atoms with van der Waals surface area (Å²) in [6.45, 7) is 3.68. The monoisotopic (exact) mass is 424 g/mol. The van der Waals surface area contributed by atoms with Crippen molar-refractivity contribution in [1.82, 2.24) is 9.97 Å². The maximum Gasteiger partial charge on any atom is 0.338 e. The maximum atomic E-state index is 12.0. The number of H-pyrrole nitrogens is 1. The molecule has 0 spiro atoms. The number of carbonyl (C=O) groups excluding carboxylic acids is 1. The highest BCUT2D eigenvalue weighted by atomic mass is 79.9. The highest BCUT2D eigenvalue weighted by Crippen LogP contribution is 2.32. The first kappa shape index (κ1) is 17.0. The molecule has 0 saturated heterocycles. The van der Waals surface area contributed by atoms with E-state index in [1.165, 1.54) is 6.08 Å². The van der Waals surface area contributed by atoms with Gasteiger partial charge in [0.1, 0.15) is 17.9 Å². The molecule has 122 valence electrons. The number of nitrogens with one attached hydrogen (secondary N) is 1. The number of halogens is 3. The molecule has 2 aromatic carbocycles. The van der Waals surface area contributed by atoms with E-state index in [0.29, 0.717) is 36.9 Å². The van der Waals surface area contributed by atoms with Gasteiger partial charge in [-0.2, -0.15) is 0 Å². The van der Waals surface area contributed by atoms with Gasteiger partial charge >= 0.3 is 5.97 Å². The molecule has 0 aliphatic heterocycles. The molecule has 3 rings (SSSR count). The fraction of sp³-hybridized carbons (Fsp3) is 0.0588. The number of ether oxygens (including phenoxy) is 1. The zero-order valence-corrected chi connectivity index (χ0v) is 15.4. The number of hydrogen-bond donors (Lipinski definition) is 1. The lowest BCUT2D eigenvalue weighted by molar-refractivity contribution is 0.0550. The molecule has 4 nitrogen and oxygen atoms in total. The van der Waals surface area contributed by atoms with Gasteiger partial charge in [-0.25, -0.2) is 9.78 Å². The van der Waals surface area contributed by atoms with Crippen LogP contribution in [0.2, 0.25) is 10.0 Å². The van der Waals surface area contributed by atoms with Crippen LogP contribution in [0.3, 0.4) is 0 Å². The SMILES string of the molecule is C=CCOC(=O)c1cc(Br)c2nc(-c3ccc(Cl)cc3Cl)[nH]c2c1. The molecule has 3 aromatic rings. The Morgan fingerprint density at radius 3 is 2.83 bits per heavy atom. The fourth-order valence-corrected chi connectivity index (χ4v) is 3.27. The normalized spacial score (nSPS) is 10.8. The van der Waals surface area contributed by atoms with E-state index in [4.69, 9.17) is 27.9 Å². The van der Waals surface area contributed by atoms with Crippen LogP contribution in [-0.2, 0) is 4.74 Å². The number of imidazole rings is 1. The molecule has 0 radical (unpaired) electrons. The molecule has 1 N–H and O–H groups in total. The number of benzene rings is 2. The number of fused-ring (bicyclic) bond motifs is 1. The first-order valence-electron chi connectivity index (χ1n) is 6.92. The van der Waals surface area contributed by atoms with E-state index in [1.807, 2.05) is 0 Å². The number of hydrogen-bond acceptors (Lipinski definition) is 3. The smallest absolute Gasteiger partial charge is 0.338 e. The van der Waals surface area contributed by atoms with Gasteiger partial charge in [0.2, 0.25) is 0 Å². The number of aromatic nitrogens is 2. The largest absolute Gasteiger partial charge is 0.458 e. The highest BCUT2D eigenvalue weighted by Gasteiger charge is 2.15. The molecule has 0 amide bonds. The van der Waals surface area contributed by atoms with E-state index in [0.717, 1.165) is 5.56 Å². The van der Waals surface area contributed by atoms with Crippen LogP contribution in [0.1, 0.15) is 10.4 Å². The average molecular weight is 426 g/mol. The number of carbonyl (C=O) groups is 1. The van der Waals surface area contributed by atoms with E-state index < -0.39 is 5.97 Å². The molecule has 24 heavy (non-hydrogen) atoms. The summed E-state index contributed by atoms with van der Waals surface area (Å²) in [4.78, 5) is 19.7. The van der Waals surface area contributed by atoms with Crippen molar-refractivity contribution in [2.45, 2.75) is 0 Å². The number of aromatic amines is 1. The lowest BCUT2D eigenvalue weighted by Gasteiger charge is -2.02. The summed E-state index contributed by atoms with van der Waals surface area (Å²) in [6.07, 6.45) is 1.52. The van der Waals surface area contributed by atoms with E-state index in [2.05, 4.69) is 32.5 Å². The number of nitrogens with zero attached hydrogens (tertiary/aromatic N) is 1. The van der Waals surface area contributed by atoms with E-state index in [9.17, 15) is 4.79 Å². The van der Waals surface area contributed by atoms with Crippen molar-refractivity contribution in [2.75, 3.05) is 6.61 Å². The minimum atomic E-state index is -0.432. The summed E-state index contributed by atoms with van der Waals surface area (Å²) in [6, 6.07) is 8.53. The van der Waals surface area contributed by atoms with Crippen molar-refractivity contribution in [3.05, 3.63) is 63.1 Å². The van der Waals surface area contributed by atoms with Crippen molar-refractivity contribution in [2.24, 2.45) is 0 Å². The lowest BCUT2D eigenvalue weighted by Crippen LogP contribution is -2.05. The van der Waals surface area contributed by atoms with Gasteiger partial charge in [0.05, 0.1) is 16.1 Å². The third kappa shape index (κ3) is 3.34. The zero-order chi connectivity index (χ0) is 17.3. The van der Waals surface area contributed by atoms with Gasteiger partial charge in [0, 0.05) is 15.1 Å². The topological polar surface area (TPSA) is 55.0 Å². The molecular formula is C17H11BrCl2N2O2. The summed E-state index contributed by atoms with van der Waals surface area (Å²) in [7, 11) is 0. The molecule has 0 fully saturated rings. The fourth-order valence-electron chi connectivity index (χ4n) is 2.22. The van der Waals surface area contributed by atoms with Gasteiger partial charge in [0.15, 0.2) is 0 Å². The molecule has 0 atom stereocenters. The Balaban J connectivity index is 2.06. The van der Waals surface area contributed by atoms with Crippen molar-refractivity contribution in [3.63, 3.8) is 0 Å². The summed E-state index contributed by atoms with van der Waals surface area (Å²) in [5.74, 6) is 0.155. The molecule has 0 bridgehead atoms. The van der Waals surface area contributed by atoms with Crippen LogP contribution in [0.4, 0.5) is 0 Å². The van der Waals surface area contributed by atoms with Crippen LogP contribution < -0.4 is 0 Å². The Hall–Kier alpha value is -1.82. The number of rotatable bonds is 4. The minimum Gasteiger partial charge on any atom is -0.458 e. The molecule has 1 aromatic heterocycles. The van der Waals surface area contributed by atoms with Gasteiger partial charge in [-0.1, -0.05) is 35.9 Å². The van der Waals surface area contributed by atoms with E-state index >= 15 is 0 Å². The highest BCUT2D eigenvalue weighted by molar-refractivity contribution is 9.10. The Morgan fingerprint density at radius 1 is 1.33 bits per heavy atom. The molecule has 7 heteroatoms. The molecule has 0 unspecified atom stereocenters. The van der Waals surface area contributed by atoms with Crippen LogP contribution in [0, 0.1) is 0 Å². The summed E-state index contributed by atoms with van der Waals surface area (Å²) >= 11 is 15.6. The van der Waals surface area contributed by atoms with Crippen LogP contribution in [-0.4, -0.2) is 22.5 Å². The minimum absolute atomic E-state index is 0.156. The first-order valence-corrected chi connectivity index (χ1v) is 8.47. The Bertz CT molecular complexity index is 953. The third-order valence-electron chi connectivity index (χ3n) is 3.29.